The lowest BCUT2D eigenvalue weighted by molar-refractivity contribution is -0.132. The first-order chi connectivity index (χ1) is 14.4. The molecule has 1 aromatic carbocycles. The Balaban J connectivity index is 0.000000221. The Morgan fingerprint density at radius 3 is 2.52 bits per heavy atom. The van der Waals surface area contributed by atoms with Gasteiger partial charge in [0, 0.05) is 20.8 Å². The number of carbonyl (C=O) groups is 2. The molecule has 2 bridgehead atoms. The summed E-state index contributed by atoms with van der Waals surface area (Å²) < 4.78 is 2.99. The number of nitrogens with zero attached hydrogens (tertiary/aromatic N) is 1. The van der Waals surface area contributed by atoms with Crippen LogP contribution in [0.15, 0.2) is 33.6 Å². The maximum Gasteiger partial charge on any atom is 0.223 e. The summed E-state index contributed by atoms with van der Waals surface area (Å²) in [6, 6.07) is 8.53. The third-order valence-corrected chi connectivity index (χ3v) is 9.27. The smallest absolute Gasteiger partial charge is 0.223 e. The average molecular weight is 513 g/mol. The van der Waals surface area contributed by atoms with Crippen LogP contribution in [0.2, 0.25) is 0 Å². The largest absolute Gasteiger partial charge is 0.369 e. The zero-order valence-corrected chi connectivity index (χ0v) is 22.1. The minimum atomic E-state index is -0.458. The Morgan fingerprint density at radius 1 is 1.32 bits per heavy atom. The third kappa shape index (κ3) is 6.56. The van der Waals surface area contributed by atoms with Crippen molar-refractivity contribution in [3.8, 4) is 0 Å². The predicted molar refractivity (Wildman–Crippen MR) is 133 cm³/mol. The van der Waals surface area contributed by atoms with Crippen LogP contribution in [-0.2, 0) is 9.59 Å². The third-order valence-electron chi connectivity index (χ3n) is 7.01. The number of aldehydes is 1. The highest BCUT2D eigenvalue weighted by Crippen LogP contribution is 2.50. The molecule has 0 radical (unpaired) electrons. The van der Waals surface area contributed by atoms with Crippen LogP contribution in [0.25, 0.3) is 0 Å². The van der Waals surface area contributed by atoms with E-state index >= 15 is 0 Å². The van der Waals surface area contributed by atoms with Crippen LogP contribution in [0.1, 0.15) is 53.4 Å². The first-order valence-electron chi connectivity index (χ1n) is 11.0. The van der Waals surface area contributed by atoms with Gasteiger partial charge in [0.15, 0.2) is 0 Å². The van der Waals surface area contributed by atoms with Crippen LogP contribution in [0, 0.1) is 23.2 Å². The summed E-state index contributed by atoms with van der Waals surface area (Å²) in [5.41, 5.74) is 4.85. The molecule has 3 rings (SSSR count). The molecule has 2 aliphatic rings. The van der Waals surface area contributed by atoms with Gasteiger partial charge in [0.1, 0.15) is 6.29 Å². The molecule has 2 fully saturated rings. The van der Waals surface area contributed by atoms with Gasteiger partial charge in [0.05, 0.1) is 5.54 Å². The van der Waals surface area contributed by atoms with Crippen LogP contribution in [0.3, 0.4) is 0 Å². The number of carbonyl (C=O) groups excluding carboxylic acids is 2. The van der Waals surface area contributed by atoms with Crippen LogP contribution in [-0.4, -0.2) is 42.2 Å². The van der Waals surface area contributed by atoms with Gasteiger partial charge < -0.3 is 15.8 Å². The lowest BCUT2D eigenvalue weighted by Gasteiger charge is -2.49. The maximum absolute atomic E-state index is 11.6. The summed E-state index contributed by atoms with van der Waals surface area (Å²) in [5, 5.41) is 3.43. The Morgan fingerprint density at radius 2 is 1.97 bits per heavy atom. The highest BCUT2D eigenvalue weighted by molar-refractivity contribution is 9.10. The molecule has 5 nitrogen and oxygen atoms in total. The van der Waals surface area contributed by atoms with Crippen molar-refractivity contribution in [3.05, 3.63) is 28.7 Å². The van der Waals surface area contributed by atoms with E-state index in [9.17, 15) is 9.59 Å². The number of halogens is 1. The molecule has 2 aliphatic carbocycles. The molecule has 2 saturated carbocycles. The number of benzene rings is 1. The second-order valence-corrected chi connectivity index (χ2v) is 12.0. The number of fused-ring (bicyclic) bond motifs is 2. The van der Waals surface area contributed by atoms with E-state index in [2.05, 4.69) is 35.1 Å². The Kier molecular flexibility index (Phi) is 9.20. The average Bonchev–Trinajstić information content (AvgIpc) is 2.69. The molecule has 5 unspecified atom stereocenters. The Bertz CT molecular complexity index is 773. The number of nitrogens with two attached hydrogens (primary N) is 1. The molecular weight excluding hydrogens is 474 g/mol. The fourth-order valence-corrected chi connectivity index (χ4v) is 6.43. The summed E-state index contributed by atoms with van der Waals surface area (Å²) in [4.78, 5) is 23.6. The van der Waals surface area contributed by atoms with E-state index in [1.165, 1.54) is 12.8 Å². The quantitative estimate of drug-likeness (QED) is 0.420. The molecule has 1 amide bonds. The highest BCUT2D eigenvalue weighted by Gasteiger charge is 2.47. The van der Waals surface area contributed by atoms with E-state index in [4.69, 9.17) is 5.73 Å². The number of amides is 1. The monoisotopic (exact) mass is 511 g/mol. The van der Waals surface area contributed by atoms with Gasteiger partial charge in [-0.05, 0) is 111 Å². The van der Waals surface area contributed by atoms with E-state index in [0.717, 1.165) is 34.4 Å². The van der Waals surface area contributed by atoms with Gasteiger partial charge in [-0.2, -0.15) is 0 Å². The van der Waals surface area contributed by atoms with Crippen molar-refractivity contribution in [2.24, 2.45) is 28.9 Å². The van der Waals surface area contributed by atoms with Crippen molar-refractivity contribution in [2.75, 3.05) is 14.1 Å². The lowest BCUT2D eigenvalue weighted by Crippen LogP contribution is -2.52. The summed E-state index contributed by atoms with van der Waals surface area (Å²) in [7, 11) is 3.95. The standard InChI is InChI=1S/C13H24N2O.C11H14BrNOS/c1-8-4-9-5-10(11(8)15-3)7-13(2,6-9)12(14)16;1-11(2,8-14)13(3)15-10-7-5-4-6-9(10)12/h8-11,15H,4-7H2,1-3H3,(H2,14,16);4-8H,1-3H3. The molecule has 31 heavy (non-hydrogen) atoms. The molecule has 0 saturated heterocycles. The molecule has 0 aromatic heterocycles. The van der Waals surface area contributed by atoms with Crippen LogP contribution in [0.4, 0.5) is 0 Å². The molecule has 1 aromatic rings. The van der Waals surface area contributed by atoms with Gasteiger partial charge in [0.25, 0.3) is 0 Å². The molecule has 174 valence electrons. The van der Waals surface area contributed by atoms with Crippen molar-refractivity contribution in [1.29, 1.82) is 0 Å². The molecule has 0 spiro atoms. The minimum absolute atomic E-state index is 0.105. The summed E-state index contributed by atoms with van der Waals surface area (Å²) in [6.07, 6.45) is 5.44. The van der Waals surface area contributed by atoms with Gasteiger partial charge in [-0.25, -0.2) is 4.31 Å². The first kappa shape index (κ1) is 26.4. The molecule has 5 atom stereocenters. The van der Waals surface area contributed by atoms with Crippen LogP contribution in [0.5, 0.6) is 0 Å². The second kappa shape index (κ2) is 10.8. The molecule has 0 aliphatic heterocycles. The molecular formula is C24H38BrN3O2S. The van der Waals surface area contributed by atoms with Gasteiger partial charge >= 0.3 is 0 Å². The van der Waals surface area contributed by atoms with Crippen molar-refractivity contribution in [1.82, 2.24) is 9.62 Å². The first-order valence-corrected chi connectivity index (χ1v) is 12.6. The van der Waals surface area contributed by atoms with E-state index in [1.54, 1.807) is 11.9 Å². The topological polar surface area (TPSA) is 75.4 Å². The molecule has 0 heterocycles. The lowest BCUT2D eigenvalue weighted by atomic mass is 9.57. The van der Waals surface area contributed by atoms with Gasteiger partial charge in [-0.3, -0.25) is 4.79 Å². The number of hydrogen-bond donors (Lipinski definition) is 2. The number of rotatable bonds is 6. The normalized spacial score (nSPS) is 30.3. The Labute approximate surface area is 200 Å². The van der Waals surface area contributed by atoms with Crippen molar-refractivity contribution in [2.45, 2.75) is 69.9 Å². The van der Waals surface area contributed by atoms with Crippen molar-refractivity contribution < 1.29 is 9.59 Å². The van der Waals surface area contributed by atoms with E-state index < -0.39 is 5.54 Å². The molecule has 3 N–H and O–H groups in total. The highest BCUT2D eigenvalue weighted by atomic mass is 79.9. The summed E-state index contributed by atoms with van der Waals surface area (Å²) in [6.45, 7) is 8.16. The van der Waals surface area contributed by atoms with Gasteiger partial charge in [0.2, 0.25) is 5.91 Å². The van der Waals surface area contributed by atoms with E-state index in [0.29, 0.717) is 17.9 Å². The SMILES string of the molecule is CN(Sc1ccccc1Br)C(C)(C)C=O.CNC1C(C)CC2CC1CC(C)(C(N)=O)C2. The fourth-order valence-electron chi connectivity index (χ4n) is 5.06. The number of likely N-dealkylation sites (N-methyl/N-ethyl adjacent to an activating group) is 1. The van der Waals surface area contributed by atoms with E-state index in [1.807, 2.05) is 56.5 Å². The number of primary amides is 1. The van der Waals surface area contributed by atoms with Crippen molar-refractivity contribution in [3.63, 3.8) is 0 Å². The summed E-state index contributed by atoms with van der Waals surface area (Å²) >= 11 is 5.03. The number of hydrogen-bond acceptors (Lipinski definition) is 5. The van der Waals surface area contributed by atoms with Crippen LogP contribution >= 0.6 is 27.9 Å². The molecule has 7 heteroatoms. The summed E-state index contributed by atoms with van der Waals surface area (Å²) in [5.74, 6) is 1.96. The Hall–Kier alpha value is -0.890. The number of nitrogens with one attached hydrogen (secondary N) is 1. The zero-order chi connectivity index (χ0) is 23.4. The maximum atomic E-state index is 11.6. The second-order valence-electron chi connectivity index (χ2n) is 10.0. The predicted octanol–water partition coefficient (Wildman–Crippen LogP) is 4.89. The fraction of sp³-hybridized carbons (Fsp3) is 0.667. The van der Waals surface area contributed by atoms with Gasteiger partial charge in [-0.1, -0.05) is 26.0 Å². The van der Waals surface area contributed by atoms with Crippen LogP contribution < -0.4 is 11.1 Å². The van der Waals surface area contributed by atoms with E-state index in [-0.39, 0.29) is 11.3 Å². The van der Waals surface area contributed by atoms with Crippen molar-refractivity contribution >= 4 is 40.1 Å². The zero-order valence-electron chi connectivity index (χ0n) is 19.7. The van der Waals surface area contributed by atoms with Gasteiger partial charge in [-0.15, -0.1) is 0 Å². The minimum Gasteiger partial charge on any atom is -0.369 e.